The maximum absolute atomic E-state index is 13.6. The van der Waals surface area contributed by atoms with Crippen molar-refractivity contribution >= 4 is 11.0 Å². The minimum absolute atomic E-state index is 0.472. The quantitative estimate of drug-likeness (QED) is 0.941. The Balaban J connectivity index is 1.76. The molecule has 1 unspecified atom stereocenters. The van der Waals surface area contributed by atoms with Gasteiger partial charge in [-0.05, 0) is 44.7 Å². The van der Waals surface area contributed by atoms with Crippen LogP contribution < -0.4 is 5.32 Å². The number of halogens is 2. The van der Waals surface area contributed by atoms with Gasteiger partial charge in [0.1, 0.15) is 5.82 Å². The minimum Gasteiger partial charge on any atom is -0.327 e. The summed E-state index contributed by atoms with van der Waals surface area (Å²) in [4.78, 5) is 4.58. The van der Waals surface area contributed by atoms with Crippen LogP contribution in [-0.2, 0) is 6.54 Å². The third-order valence-corrected chi connectivity index (χ3v) is 4.60. The van der Waals surface area contributed by atoms with Gasteiger partial charge in [0, 0.05) is 24.6 Å². The molecule has 112 valence electrons. The first kappa shape index (κ1) is 13.2. The number of hydrogen-bond donors (Lipinski definition) is 1. The van der Waals surface area contributed by atoms with E-state index in [9.17, 15) is 8.78 Å². The molecule has 3 nitrogen and oxygen atoms in total. The molecule has 2 fully saturated rings. The Labute approximate surface area is 122 Å². The molecule has 2 aliphatic rings. The van der Waals surface area contributed by atoms with Crippen molar-refractivity contribution in [2.75, 3.05) is 13.1 Å². The Bertz CT molecular complexity index is 670. The summed E-state index contributed by atoms with van der Waals surface area (Å²) in [6.07, 6.45) is 4.63. The predicted octanol–water partition coefficient (Wildman–Crippen LogP) is 3.19. The summed E-state index contributed by atoms with van der Waals surface area (Å²) in [7, 11) is 0. The molecule has 5 heteroatoms. The van der Waals surface area contributed by atoms with Crippen LogP contribution in [0.4, 0.5) is 8.78 Å². The lowest BCUT2D eigenvalue weighted by atomic mass is 9.99. The van der Waals surface area contributed by atoms with Crippen LogP contribution in [0.5, 0.6) is 0 Å². The smallest absolute Gasteiger partial charge is 0.161 e. The number of piperidine rings is 1. The van der Waals surface area contributed by atoms with Gasteiger partial charge >= 0.3 is 0 Å². The third-order valence-electron chi connectivity index (χ3n) is 4.60. The lowest BCUT2D eigenvalue weighted by molar-refractivity contribution is 0.337. The summed E-state index contributed by atoms with van der Waals surface area (Å²) in [5.74, 6) is 0.434. The Hall–Kier alpha value is -1.49. The zero-order valence-electron chi connectivity index (χ0n) is 11.9. The van der Waals surface area contributed by atoms with Crippen LogP contribution in [0.15, 0.2) is 12.1 Å². The van der Waals surface area contributed by atoms with Crippen molar-refractivity contribution in [2.24, 2.45) is 5.92 Å². The SMILES string of the molecule is Fc1cc2nc(C3CC3)n(CC3CCCNC3)c2cc1F. The Kier molecular flexibility index (Phi) is 3.17. The second-order valence-corrected chi connectivity index (χ2v) is 6.32. The summed E-state index contributed by atoms with van der Waals surface area (Å²) in [5.41, 5.74) is 1.32. The second kappa shape index (κ2) is 5.05. The molecule has 0 bridgehead atoms. The fourth-order valence-electron chi connectivity index (χ4n) is 3.32. The highest BCUT2D eigenvalue weighted by molar-refractivity contribution is 5.76. The van der Waals surface area contributed by atoms with Crippen LogP contribution in [0.25, 0.3) is 11.0 Å². The Morgan fingerprint density at radius 3 is 2.71 bits per heavy atom. The van der Waals surface area contributed by atoms with Crippen LogP contribution >= 0.6 is 0 Å². The van der Waals surface area contributed by atoms with Crippen molar-refractivity contribution in [1.82, 2.24) is 14.9 Å². The number of imidazole rings is 1. The normalized spacial score (nSPS) is 22.9. The summed E-state index contributed by atoms with van der Waals surface area (Å²) in [5, 5.41) is 3.41. The first-order valence-corrected chi connectivity index (χ1v) is 7.78. The molecule has 1 aliphatic carbocycles. The standard InChI is InChI=1S/C16H19F2N3/c17-12-6-14-15(7-13(12)18)21(16(20-14)11-3-4-11)9-10-2-1-5-19-8-10/h6-7,10-11,19H,1-5,8-9H2. The summed E-state index contributed by atoms with van der Waals surface area (Å²) in [6.45, 7) is 2.92. The summed E-state index contributed by atoms with van der Waals surface area (Å²) < 4.78 is 29.2. The van der Waals surface area contributed by atoms with Crippen molar-refractivity contribution in [2.45, 2.75) is 38.1 Å². The van der Waals surface area contributed by atoms with E-state index in [2.05, 4.69) is 14.9 Å². The molecule has 0 amide bonds. The maximum atomic E-state index is 13.6. The van der Waals surface area contributed by atoms with Gasteiger partial charge in [-0.3, -0.25) is 0 Å². The van der Waals surface area contributed by atoms with Gasteiger partial charge in [-0.15, -0.1) is 0 Å². The molecular weight excluding hydrogens is 272 g/mol. The van der Waals surface area contributed by atoms with Gasteiger partial charge in [0.2, 0.25) is 0 Å². The molecule has 1 saturated carbocycles. The van der Waals surface area contributed by atoms with E-state index in [0.717, 1.165) is 43.8 Å². The third kappa shape index (κ3) is 2.44. The number of benzene rings is 1. The van der Waals surface area contributed by atoms with Gasteiger partial charge in [-0.1, -0.05) is 0 Å². The van der Waals surface area contributed by atoms with Crippen molar-refractivity contribution in [3.63, 3.8) is 0 Å². The first-order valence-electron chi connectivity index (χ1n) is 7.78. The molecule has 1 aromatic heterocycles. The minimum atomic E-state index is -0.811. The van der Waals surface area contributed by atoms with Crippen molar-refractivity contribution in [1.29, 1.82) is 0 Å². The van der Waals surface area contributed by atoms with Crippen LogP contribution in [0.1, 0.15) is 37.4 Å². The van der Waals surface area contributed by atoms with E-state index in [1.54, 1.807) is 0 Å². The second-order valence-electron chi connectivity index (χ2n) is 6.32. The monoisotopic (exact) mass is 291 g/mol. The van der Waals surface area contributed by atoms with Crippen LogP contribution in [-0.4, -0.2) is 22.6 Å². The number of aromatic nitrogens is 2. The lowest BCUT2D eigenvalue weighted by Gasteiger charge is -2.24. The van der Waals surface area contributed by atoms with E-state index in [1.807, 2.05) is 0 Å². The average molecular weight is 291 g/mol. The Morgan fingerprint density at radius 2 is 2.00 bits per heavy atom. The van der Waals surface area contributed by atoms with Gasteiger partial charge in [0.25, 0.3) is 0 Å². The van der Waals surface area contributed by atoms with E-state index in [0.29, 0.717) is 17.4 Å². The van der Waals surface area contributed by atoms with E-state index in [1.165, 1.54) is 25.0 Å². The summed E-state index contributed by atoms with van der Waals surface area (Å²) in [6, 6.07) is 2.53. The van der Waals surface area contributed by atoms with E-state index >= 15 is 0 Å². The number of rotatable bonds is 3. The van der Waals surface area contributed by atoms with Gasteiger partial charge in [0.15, 0.2) is 11.6 Å². The fourth-order valence-corrected chi connectivity index (χ4v) is 3.32. The zero-order valence-corrected chi connectivity index (χ0v) is 11.9. The van der Waals surface area contributed by atoms with Crippen molar-refractivity contribution in [3.8, 4) is 0 Å². The van der Waals surface area contributed by atoms with E-state index < -0.39 is 11.6 Å². The highest BCUT2D eigenvalue weighted by Crippen LogP contribution is 2.41. The molecule has 0 spiro atoms. The number of fused-ring (bicyclic) bond motifs is 1. The largest absolute Gasteiger partial charge is 0.327 e. The molecular formula is C16H19F2N3. The van der Waals surface area contributed by atoms with Crippen LogP contribution in [0, 0.1) is 17.6 Å². The van der Waals surface area contributed by atoms with Crippen LogP contribution in [0.2, 0.25) is 0 Å². The molecule has 0 radical (unpaired) electrons. The predicted molar refractivity (Wildman–Crippen MR) is 77.2 cm³/mol. The van der Waals surface area contributed by atoms with Gasteiger partial charge in [0.05, 0.1) is 11.0 Å². The number of nitrogens with one attached hydrogen (secondary N) is 1. The lowest BCUT2D eigenvalue weighted by Crippen LogP contribution is -2.32. The molecule has 4 rings (SSSR count). The highest BCUT2D eigenvalue weighted by atomic mass is 19.2. The molecule has 2 heterocycles. The molecule has 1 aliphatic heterocycles. The van der Waals surface area contributed by atoms with Gasteiger partial charge in [-0.2, -0.15) is 0 Å². The first-order chi connectivity index (χ1) is 10.2. The molecule has 1 atom stereocenters. The van der Waals surface area contributed by atoms with Gasteiger partial charge < -0.3 is 9.88 Å². The molecule has 1 N–H and O–H groups in total. The Morgan fingerprint density at radius 1 is 1.19 bits per heavy atom. The fraction of sp³-hybridized carbons (Fsp3) is 0.562. The summed E-state index contributed by atoms with van der Waals surface area (Å²) >= 11 is 0. The van der Waals surface area contributed by atoms with Gasteiger partial charge in [-0.25, -0.2) is 13.8 Å². The molecule has 21 heavy (non-hydrogen) atoms. The number of hydrogen-bond acceptors (Lipinski definition) is 2. The van der Waals surface area contributed by atoms with E-state index in [-0.39, 0.29) is 0 Å². The van der Waals surface area contributed by atoms with Crippen molar-refractivity contribution in [3.05, 3.63) is 29.6 Å². The van der Waals surface area contributed by atoms with Crippen LogP contribution in [0.3, 0.4) is 0 Å². The topological polar surface area (TPSA) is 29.9 Å². The average Bonchev–Trinajstić information content (AvgIpc) is 3.27. The highest BCUT2D eigenvalue weighted by Gasteiger charge is 2.30. The molecule has 1 saturated heterocycles. The maximum Gasteiger partial charge on any atom is 0.161 e. The molecule has 1 aromatic carbocycles. The van der Waals surface area contributed by atoms with E-state index in [4.69, 9.17) is 0 Å². The number of nitrogens with zero attached hydrogens (tertiary/aromatic N) is 2. The zero-order chi connectivity index (χ0) is 14.4. The van der Waals surface area contributed by atoms with Crippen molar-refractivity contribution < 1.29 is 8.78 Å². The molecule has 2 aromatic rings.